The molecule has 1 fully saturated rings. The van der Waals surface area contributed by atoms with Gasteiger partial charge in [-0.3, -0.25) is 9.59 Å². The summed E-state index contributed by atoms with van der Waals surface area (Å²) in [5.74, 6) is 0.306. The van der Waals surface area contributed by atoms with Gasteiger partial charge in [-0.2, -0.15) is 0 Å². The van der Waals surface area contributed by atoms with Crippen molar-refractivity contribution in [2.75, 3.05) is 26.6 Å². The molecule has 1 atom stereocenters. The summed E-state index contributed by atoms with van der Waals surface area (Å²) in [5, 5.41) is 3.87. The molecule has 0 saturated heterocycles. The fourth-order valence-electron chi connectivity index (χ4n) is 4.57. The molecule has 0 heterocycles. The normalized spacial score (nSPS) is 15.1. The highest BCUT2D eigenvalue weighted by Gasteiger charge is 2.33. The quantitative estimate of drug-likeness (QED) is 0.329. The number of hydrogen-bond acceptors (Lipinski definition) is 4. The lowest BCUT2D eigenvalue weighted by Crippen LogP contribution is -2.47. The maximum Gasteiger partial charge on any atom is 0.247 e. The lowest BCUT2D eigenvalue weighted by molar-refractivity contribution is -0.139. The van der Waals surface area contributed by atoms with E-state index in [0.29, 0.717) is 35.1 Å². The minimum Gasteiger partial charge on any atom is -0.493 e. The molecule has 190 valence electrons. The van der Waals surface area contributed by atoms with Gasteiger partial charge in [0.2, 0.25) is 11.8 Å². The summed E-state index contributed by atoms with van der Waals surface area (Å²) >= 11 is 12.0. The van der Waals surface area contributed by atoms with E-state index in [-0.39, 0.29) is 23.7 Å². The van der Waals surface area contributed by atoms with E-state index in [1.807, 2.05) is 24.3 Å². The van der Waals surface area contributed by atoms with Crippen molar-refractivity contribution >= 4 is 35.0 Å². The van der Waals surface area contributed by atoms with Gasteiger partial charge in [0.05, 0.1) is 14.2 Å². The zero-order valence-electron chi connectivity index (χ0n) is 20.4. The molecular formula is C27H34Cl2N2O4. The molecule has 0 bridgehead atoms. The highest BCUT2D eigenvalue weighted by Crippen LogP contribution is 2.33. The average Bonchev–Trinajstić information content (AvgIpc) is 3.15. The highest BCUT2D eigenvalue weighted by atomic mass is 35.5. The van der Waals surface area contributed by atoms with E-state index < -0.39 is 6.04 Å². The number of hydrogen-bond donors (Lipinski definition) is 1. The molecular weight excluding hydrogens is 487 g/mol. The first kappa shape index (κ1) is 27.2. The van der Waals surface area contributed by atoms with Crippen LogP contribution < -0.4 is 14.8 Å². The average molecular weight is 521 g/mol. The lowest BCUT2D eigenvalue weighted by Gasteiger charge is -2.32. The van der Waals surface area contributed by atoms with Gasteiger partial charge in [0.25, 0.3) is 0 Å². The summed E-state index contributed by atoms with van der Waals surface area (Å²) in [7, 11) is 3.10. The van der Waals surface area contributed by atoms with Crippen LogP contribution >= 0.6 is 23.2 Å². The van der Waals surface area contributed by atoms with Crippen LogP contribution in [0.4, 0.5) is 0 Å². The molecule has 2 aromatic rings. The van der Waals surface area contributed by atoms with Gasteiger partial charge >= 0.3 is 0 Å². The van der Waals surface area contributed by atoms with Gasteiger partial charge < -0.3 is 19.7 Å². The van der Waals surface area contributed by atoms with Gasteiger partial charge in [-0.05, 0) is 54.7 Å². The van der Waals surface area contributed by atoms with Crippen LogP contribution in [0.1, 0.15) is 55.7 Å². The Hall–Kier alpha value is -2.44. The minimum absolute atomic E-state index is 0.0943. The fourth-order valence-corrected chi connectivity index (χ4v) is 4.85. The van der Waals surface area contributed by atoms with Gasteiger partial charge in [-0.1, -0.05) is 55.5 Å². The Balaban J connectivity index is 1.94. The van der Waals surface area contributed by atoms with Crippen molar-refractivity contribution in [1.29, 1.82) is 0 Å². The molecule has 2 amide bonds. The summed E-state index contributed by atoms with van der Waals surface area (Å²) in [5.41, 5.74) is 1.65. The third-order valence-corrected chi connectivity index (χ3v) is 6.95. The number of carbonyl (C=O) groups excluding carboxylic acids is 2. The van der Waals surface area contributed by atoms with Crippen molar-refractivity contribution < 1.29 is 19.1 Å². The number of rotatable bonds is 10. The maximum atomic E-state index is 13.8. The Bertz CT molecular complexity index is 976. The van der Waals surface area contributed by atoms with Crippen LogP contribution in [-0.2, 0) is 16.0 Å². The highest BCUT2D eigenvalue weighted by molar-refractivity contribution is 6.30. The number of benzene rings is 2. The van der Waals surface area contributed by atoms with Crippen LogP contribution in [0.25, 0.3) is 0 Å². The number of nitrogens with one attached hydrogen (secondary N) is 1. The predicted octanol–water partition coefficient (Wildman–Crippen LogP) is 5.55. The zero-order valence-corrected chi connectivity index (χ0v) is 21.9. The molecule has 1 aliphatic rings. The van der Waals surface area contributed by atoms with Crippen molar-refractivity contribution in [1.82, 2.24) is 10.2 Å². The smallest absolute Gasteiger partial charge is 0.247 e. The van der Waals surface area contributed by atoms with Crippen molar-refractivity contribution in [2.24, 2.45) is 0 Å². The molecule has 1 N–H and O–H groups in total. The molecule has 1 saturated carbocycles. The summed E-state index contributed by atoms with van der Waals surface area (Å²) < 4.78 is 10.9. The van der Waals surface area contributed by atoms with Crippen LogP contribution in [0.3, 0.4) is 0 Å². The topological polar surface area (TPSA) is 67.9 Å². The lowest BCUT2D eigenvalue weighted by atomic mass is 10.0. The first-order valence-corrected chi connectivity index (χ1v) is 13.0. The summed E-state index contributed by atoms with van der Waals surface area (Å²) in [6.07, 6.45) is 6.99. The molecule has 3 rings (SSSR count). The summed E-state index contributed by atoms with van der Waals surface area (Å²) in [6, 6.07) is 12.0. The number of carbonyl (C=O) groups is 2. The van der Waals surface area contributed by atoms with E-state index in [1.54, 1.807) is 37.3 Å². The molecule has 0 radical (unpaired) electrons. The SMILES string of the molecule is COc1ccc([C@H](C(=O)NC2CCCCCC2)N(CCc2ccc(Cl)cc2)C(=O)CCl)cc1OC. The van der Waals surface area contributed by atoms with Gasteiger partial charge in [0.1, 0.15) is 11.9 Å². The first-order valence-electron chi connectivity index (χ1n) is 12.1. The Labute approximate surface area is 217 Å². The van der Waals surface area contributed by atoms with Crippen LogP contribution in [0.2, 0.25) is 5.02 Å². The second-order valence-electron chi connectivity index (χ2n) is 8.81. The standard InChI is InChI=1S/C27H34Cl2N2O4/c1-34-23-14-11-20(17-24(23)35-2)26(27(33)30-22-7-5-3-4-6-8-22)31(25(32)18-28)16-15-19-9-12-21(29)13-10-19/h9-14,17,22,26H,3-8,15-16,18H2,1-2H3,(H,30,33)/t26-/m1/s1. The predicted molar refractivity (Wildman–Crippen MR) is 140 cm³/mol. The third kappa shape index (κ3) is 7.52. The number of ether oxygens (including phenoxy) is 2. The van der Waals surface area contributed by atoms with Crippen molar-refractivity contribution in [3.05, 3.63) is 58.6 Å². The van der Waals surface area contributed by atoms with E-state index in [2.05, 4.69) is 5.32 Å². The van der Waals surface area contributed by atoms with Crippen LogP contribution in [0.15, 0.2) is 42.5 Å². The molecule has 8 heteroatoms. The Morgan fingerprint density at radius 1 is 1.00 bits per heavy atom. The van der Waals surface area contributed by atoms with Crippen molar-refractivity contribution in [3.8, 4) is 11.5 Å². The van der Waals surface area contributed by atoms with Gasteiger partial charge in [0.15, 0.2) is 11.5 Å². The Kier molecular flexibility index (Phi) is 10.5. The maximum absolute atomic E-state index is 13.8. The van der Waals surface area contributed by atoms with Gasteiger partial charge in [-0.25, -0.2) is 0 Å². The van der Waals surface area contributed by atoms with E-state index in [4.69, 9.17) is 32.7 Å². The molecule has 35 heavy (non-hydrogen) atoms. The van der Waals surface area contributed by atoms with Gasteiger partial charge in [-0.15, -0.1) is 11.6 Å². The summed E-state index contributed by atoms with van der Waals surface area (Å²) in [6.45, 7) is 0.324. The van der Waals surface area contributed by atoms with Crippen molar-refractivity contribution in [2.45, 2.75) is 57.0 Å². The minimum atomic E-state index is -0.850. The molecule has 1 aliphatic carbocycles. The number of methoxy groups -OCH3 is 2. The number of nitrogens with zero attached hydrogens (tertiary/aromatic N) is 1. The zero-order chi connectivity index (χ0) is 25.2. The monoisotopic (exact) mass is 520 g/mol. The second kappa shape index (κ2) is 13.6. The van der Waals surface area contributed by atoms with Crippen LogP contribution in [0, 0.1) is 0 Å². The number of alkyl halides is 1. The molecule has 0 spiro atoms. The second-order valence-corrected chi connectivity index (χ2v) is 9.51. The fraction of sp³-hybridized carbons (Fsp3) is 0.481. The van der Waals surface area contributed by atoms with Gasteiger partial charge in [0, 0.05) is 17.6 Å². The third-order valence-electron chi connectivity index (χ3n) is 6.47. The Morgan fingerprint density at radius 3 is 2.26 bits per heavy atom. The van der Waals surface area contributed by atoms with E-state index in [9.17, 15) is 9.59 Å². The van der Waals surface area contributed by atoms with Crippen molar-refractivity contribution in [3.63, 3.8) is 0 Å². The molecule has 0 unspecified atom stereocenters. The largest absolute Gasteiger partial charge is 0.493 e. The molecule has 0 aliphatic heterocycles. The Morgan fingerprint density at radius 2 is 1.66 bits per heavy atom. The van der Waals surface area contributed by atoms with Crippen LogP contribution in [0.5, 0.6) is 11.5 Å². The van der Waals surface area contributed by atoms with E-state index >= 15 is 0 Å². The number of halogens is 2. The number of amides is 2. The molecule has 0 aromatic heterocycles. The van der Waals surface area contributed by atoms with E-state index in [1.165, 1.54) is 12.8 Å². The molecule has 2 aromatic carbocycles. The summed E-state index contributed by atoms with van der Waals surface area (Å²) in [4.78, 5) is 28.4. The van der Waals surface area contributed by atoms with E-state index in [0.717, 1.165) is 31.2 Å². The van der Waals surface area contributed by atoms with Crippen LogP contribution in [-0.4, -0.2) is 49.4 Å². The molecule has 6 nitrogen and oxygen atoms in total. The first-order chi connectivity index (χ1) is 17.0.